The molecule has 1 heterocycles. The van der Waals surface area contributed by atoms with Crippen molar-refractivity contribution in [3.05, 3.63) is 35.9 Å². The van der Waals surface area contributed by atoms with E-state index in [2.05, 4.69) is 0 Å². The first-order valence-electron chi connectivity index (χ1n) is 6.16. The molecule has 1 saturated heterocycles. The van der Waals surface area contributed by atoms with Crippen molar-refractivity contribution in [3.8, 4) is 0 Å². The van der Waals surface area contributed by atoms with E-state index in [1.807, 2.05) is 6.07 Å². The van der Waals surface area contributed by atoms with Crippen LogP contribution in [0.5, 0.6) is 0 Å². The van der Waals surface area contributed by atoms with Crippen molar-refractivity contribution in [2.24, 2.45) is 0 Å². The van der Waals surface area contributed by atoms with E-state index < -0.39 is 24.0 Å². The second kappa shape index (κ2) is 5.69. The van der Waals surface area contributed by atoms with Gasteiger partial charge in [-0.1, -0.05) is 18.2 Å². The number of esters is 1. The Balaban J connectivity index is 1.91. The van der Waals surface area contributed by atoms with Crippen LogP contribution in [0.1, 0.15) is 23.7 Å². The lowest BCUT2D eigenvalue weighted by Crippen LogP contribution is -2.38. The molecule has 19 heavy (non-hydrogen) atoms. The highest BCUT2D eigenvalue weighted by molar-refractivity contribution is 5.89. The molecular weight excluding hydrogens is 248 g/mol. The van der Waals surface area contributed by atoms with Crippen molar-refractivity contribution in [1.82, 2.24) is 0 Å². The highest BCUT2D eigenvalue weighted by Gasteiger charge is 2.44. The van der Waals surface area contributed by atoms with Gasteiger partial charge in [0.2, 0.25) is 0 Å². The van der Waals surface area contributed by atoms with E-state index in [4.69, 9.17) is 14.2 Å². The van der Waals surface area contributed by atoms with Crippen LogP contribution >= 0.6 is 0 Å². The van der Waals surface area contributed by atoms with E-state index in [1.54, 1.807) is 31.2 Å². The van der Waals surface area contributed by atoms with Gasteiger partial charge in [0, 0.05) is 13.5 Å². The summed E-state index contributed by atoms with van der Waals surface area (Å²) in [6, 6.07) is 8.70. The Morgan fingerprint density at radius 1 is 1.47 bits per heavy atom. The second-order valence-corrected chi connectivity index (χ2v) is 4.82. The van der Waals surface area contributed by atoms with Crippen molar-refractivity contribution in [2.75, 3.05) is 13.7 Å². The van der Waals surface area contributed by atoms with E-state index in [0.717, 1.165) is 0 Å². The predicted octanol–water partition coefficient (Wildman–Crippen LogP) is 1.36. The Hall–Kier alpha value is -1.43. The molecule has 0 aliphatic carbocycles. The van der Waals surface area contributed by atoms with Gasteiger partial charge in [0.05, 0.1) is 11.2 Å². The highest BCUT2D eigenvalue weighted by atomic mass is 16.7. The number of benzene rings is 1. The maximum absolute atomic E-state index is 11.8. The molecule has 0 bridgehead atoms. The van der Waals surface area contributed by atoms with Crippen LogP contribution in [0.4, 0.5) is 0 Å². The van der Waals surface area contributed by atoms with Gasteiger partial charge in [-0.3, -0.25) is 0 Å². The second-order valence-electron chi connectivity index (χ2n) is 4.82. The standard InChI is InChI=1S/C14H18O5/c1-14(16)8-12(17-2)19-11(14)9-18-13(15)10-6-4-3-5-7-10/h3-7,11-12,16H,8-9H2,1-2H3/t11-,12+,14+/m1/s1. The summed E-state index contributed by atoms with van der Waals surface area (Å²) in [5, 5.41) is 10.1. The summed E-state index contributed by atoms with van der Waals surface area (Å²) in [7, 11) is 1.51. The first-order valence-corrected chi connectivity index (χ1v) is 6.16. The van der Waals surface area contributed by atoms with Crippen LogP contribution in [0.3, 0.4) is 0 Å². The average Bonchev–Trinajstić information content (AvgIpc) is 2.71. The first-order chi connectivity index (χ1) is 9.03. The quantitative estimate of drug-likeness (QED) is 0.833. The summed E-state index contributed by atoms with van der Waals surface area (Å²) in [5.74, 6) is -0.430. The van der Waals surface area contributed by atoms with E-state index in [0.29, 0.717) is 12.0 Å². The van der Waals surface area contributed by atoms with Crippen molar-refractivity contribution < 1.29 is 24.1 Å². The third-order valence-electron chi connectivity index (χ3n) is 3.23. The van der Waals surface area contributed by atoms with Gasteiger partial charge in [-0.25, -0.2) is 4.79 Å². The van der Waals surface area contributed by atoms with Gasteiger partial charge in [0.25, 0.3) is 0 Å². The molecule has 1 fully saturated rings. The zero-order chi connectivity index (χ0) is 13.9. The van der Waals surface area contributed by atoms with Gasteiger partial charge < -0.3 is 19.3 Å². The van der Waals surface area contributed by atoms with Crippen LogP contribution in [0.2, 0.25) is 0 Å². The number of hydrogen-bond donors (Lipinski definition) is 1. The maximum Gasteiger partial charge on any atom is 0.338 e. The Labute approximate surface area is 112 Å². The lowest BCUT2D eigenvalue weighted by Gasteiger charge is -2.22. The monoisotopic (exact) mass is 266 g/mol. The van der Waals surface area contributed by atoms with Crippen molar-refractivity contribution in [1.29, 1.82) is 0 Å². The number of ether oxygens (including phenoxy) is 3. The Kier molecular flexibility index (Phi) is 4.19. The molecule has 1 aliphatic heterocycles. The maximum atomic E-state index is 11.8. The number of carbonyl (C=O) groups excluding carboxylic acids is 1. The molecule has 1 aliphatic rings. The van der Waals surface area contributed by atoms with E-state index in [9.17, 15) is 9.90 Å². The topological polar surface area (TPSA) is 65.0 Å². The third kappa shape index (κ3) is 3.32. The minimum absolute atomic E-state index is 0.000583. The molecule has 0 radical (unpaired) electrons. The fourth-order valence-corrected chi connectivity index (χ4v) is 2.01. The van der Waals surface area contributed by atoms with Gasteiger partial charge in [-0.15, -0.1) is 0 Å². The third-order valence-corrected chi connectivity index (χ3v) is 3.23. The molecule has 0 saturated carbocycles. The highest BCUT2D eigenvalue weighted by Crippen LogP contribution is 2.30. The zero-order valence-electron chi connectivity index (χ0n) is 11.0. The van der Waals surface area contributed by atoms with Crippen molar-refractivity contribution >= 4 is 5.97 Å². The summed E-state index contributed by atoms with van der Waals surface area (Å²) in [4.78, 5) is 11.8. The normalized spacial score (nSPS) is 30.3. The van der Waals surface area contributed by atoms with E-state index >= 15 is 0 Å². The smallest absolute Gasteiger partial charge is 0.338 e. The van der Waals surface area contributed by atoms with Gasteiger partial charge in [0.1, 0.15) is 12.7 Å². The number of carbonyl (C=O) groups is 1. The van der Waals surface area contributed by atoms with Gasteiger partial charge >= 0.3 is 5.97 Å². The average molecular weight is 266 g/mol. The summed E-state index contributed by atoms with van der Waals surface area (Å²) >= 11 is 0. The summed E-state index contributed by atoms with van der Waals surface area (Å²) in [5.41, 5.74) is -0.582. The largest absolute Gasteiger partial charge is 0.459 e. The molecule has 2 rings (SSSR count). The molecule has 0 spiro atoms. The van der Waals surface area contributed by atoms with Gasteiger partial charge in [0.15, 0.2) is 6.29 Å². The Bertz CT molecular complexity index is 429. The molecular formula is C14H18O5. The molecule has 5 heteroatoms. The molecule has 0 amide bonds. The first kappa shape index (κ1) is 14.0. The fraction of sp³-hybridized carbons (Fsp3) is 0.500. The number of methoxy groups -OCH3 is 1. The molecule has 0 aromatic heterocycles. The van der Waals surface area contributed by atoms with Gasteiger partial charge in [-0.05, 0) is 19.1 Å². The van der Waals surface area contributed by atoms with Crippen LogP contribution in [-0.4, -0.2) is 42.8 Å². The van der Waals surface area contributed by atoms with E-state index in [1.165, 1.54) is 7.11 Å². The van der Waals surface area contributed by atoms with Crippen molar-refractivity contribution in [2.45, 2.75) is 31.3 Å². The molecule has 1 aromatic carbocycles. The van der Waals surface area contributed by atoms with Gasteiger partial charge in [-0.2, -0.15) is 0 Å². The molecule has 104 valence electrons. The number of aliphatic hydroxyl groups is 1. The number of hydrogen-bond acceptors (Lipinski definition) is 5. The van der Waals surface area contributed by atoms with Crippen LogP contribution in [0.25, 0.3) is 0 Å². The SMILES string of the molecule is CO[C@@H]1C[C@](C)(O)[C@@H](COC(=O)c2ccccc2)O1. The molecule has 3 atom stereocenters. The van der Waals surface area contributed by atoms with Crippen LogP contribution in [0, 0.1) is 0 Å². The summed E-state index contributed by atoms with van der Waals surface area (Å²) in [6.07, 6.45) is -0.683. The minimum Gasteiger partial charge on any atom is -0.459 e. The van der Waals surface area contributed by atoms with E-state index in [-0.39, 0.29) is 6.61 Å². The van der Waals surface area contributed by atoms with Crippen LogP contribution in [-0.2, 0) is 14.2 Å². The predicted molar refractivity (Wildman–Crippen MR) is 67.6 cm³/mol. The Morgan fingerprint density at radius 3 is 2.74 bits per heavy atom. The summed E-state index contributed by atoms with van der Waals surface area (Å²) < 4.78 is 15.7. The van der Waals surface area contributed by atoms with Crippen LogP contribution < -0.4 is 0 Å². The minimum atomic E-state index is -1.06. The van der Waals surface area contributed by atoms with Crippen LogP contribution in [0.15, 0.2) is 30.3 Å². The summed E-state index contributed by atoms with van der Waals surface area (Å²) in [6.45, 7) is 1.65. The lowest BCUT2D eigenvalue weighted by molar-refractivity contribution is -0.134. The fourth-order valence-electron chi connectivity index (χ4n) is 2.01. The zero-order valence-corrected chi connectivity index (χ0v) is 11.0. The molecule has 1 aromatic rings. The number of rotatable bonds is 4. The lowest BCUT2D eigenvalue weighted by atomic mass is 9.98. The molecule has 5 nitrogen and oxygen atoms in total. The Morgan fingerprint density at radius 2 is 2.16 bits per heavy atom. The molecule has 1 N–H and O–H groups in total. The van der Waals surface area contributed by atoms with Crippen molar-refractivity contribution in [3.63, 3.8) is 0 Å². The molecule has 0 unspecified atom stereocenters.